The van der Waals surface area contributed by atoms with E-state index in [2.05, 4.69) is 10.0 Å². The molecule has 0 aliphatic rings. The molecule has 112 valence electrons. The van der Waals surface area contributed by atoms with E-state index in [0.29, 0.717) is 5.69 Å². The lowest BCUT2D eigenvalue weighted by atomic mass is 10.2. The van der Waals surface area contributed by atoms with Crippen LogP contribution >= 0.6 is 0 Å². The molecule has 4 N–H and O–H groups in total. The fourth-order valence-electron chi connectivity index (χ4n) is 1.68. The summed E-state index contributed by atoms with van der Waals surface area (Å²) in [6, 6.07) is 7.03. The first-order valence-electron chi connectivity index (χ1n) is 5.88. The van der Waals surface area contributed by atoms with Crippen LogP contribution in [0.25, 0.3) is 0 Å². The molecule has 2 rings (SSSR count). The fraction of sp³-hybridized carbons (Fsp3) is 0.0769. The first-order valence-corrected chi connectivity index (χ1v) is 7.37. The Kier molecular flexibility index (Phi) is 4.10. The lowest BCUT2D eigenvalue weighted by molar-refractivity contribution is 0.585. The second kappa shape index (κ2) is 5.66. The van der Waals surface area contributed by atoms with Crippen molar-refractivity contribution in [3.05, 3.63) is 48.0 Å². The fourth-order valence-corrected chi connectivity index (χ4v) is 2.44. The van der Waals surface area contributed by atoms with E-state index in [1.54, 1.807) is 0 Å². The van der Waals surface area contributed by atoms with E-state index in [0.717, 1.165) is 12.1 Å². The summed E-state index contributed by atoms with van der Waals surface area (Å²) in [5.74, 6) is -1.47. The number of benzene rings is 2. The van der Waals surface area contributed by atoms with Crippen LogP contribution in [0.5, 0.6) is 0 Å². The van der Waals surface area contributed by atoms with Crippen LogP contribution in [0.15, 0.2) is 41.3 Å². The third-order valence-corrected chi connectivity index (χ3v) is 4.21. The van der Waals surface area contributed by atoms with Crippen molar-refractivity contribution in [2.75, 3.05) is 18.1 Å². The van der Waals surface area contributed by atoms with Gasteiger partial charge in [-0.1, -0.05) is 0 Å². The normalized spacial score (nSPS) is 11.4. The summed E-state index contributed by atoms with van der Waals surface area (Å²) in [6.07, 6.45) is 0. The molecule has 2 aromatic carbocycles. The van der Waals surface area contributed by atoms with E-state index in [1.807, 2.05) is 0 Å². The average Bonchev–Trinajstić information content (AvgIpc) is 2.43. The number of rotatable bonds is 4. The number of hydrogen-bond donors (Lipinski definition) is 3. The Morgan fingerprint density at radius 3 is 2.29 bits per heavy atom. The number of sulfonamides is 1. The largest absolute Gasteiger partial charge is 0.397 e. The van der Waals surface area contributed by atoms with Crippen molar-refractivity contribution >= 4 is 27.1 Å². The van der Waals surface area contributed by atoms with Crippen LogP contribution in [-0.2, 0) is 10.0 Å². The third kappa shape index (κ3) is 3.29. The van der Waals surface area contributed by atoms with E-state index in [1.165, 1.54) is 31.3 Å². The molecule has 8 heteroatoms. The minimum absolute atomic E-state index is 0.00683. The maximum Gasteiger partial charge on any atom is 0.240 e. The van der Waals surface area contributed by atoms with E-state index in [9.17, 15) is 17.2 Å². The molecule has 0 spiro atoms. The van der Waals surface area contributed by atoms with Crippen LogP contribution in [0, 0.1) is 11.6 Å². The van der Waals surface area contributed by atoms with Crippen molar-refractivity contribution in [2.24, 2.45) is 0 Å². The number of halogens is 2. The summed E-state index contributed by atoms with van der Waals surface area (Å²) in [4.78, 5) is -0.00683. The maximum atomic E-state index is 13.5. The molecule has 0 aromatic heterocycles. The van der Waals surface area contributed by atoms with Crippen LogP contribution in [-0.4, -0.2) is 15.5 Å². The molecule has 2 aromatic rings. The van der Waals surface area contributed by atoms with Gasteiger partial charge in [0.15, 0.2) is 0 Å². The van der Waals surface area contributed by atoms with Gasteiger partial charge in [-0.05, 0) is 37.4 Å². The van der Waals surface area contributed by atoms with Gasteiger partial charge in [-0.15, -0.1) is 0 Å². The van der Waals surface area contributed by atoms with Gasteiger partial charge < -0.3 is 11.1 Å². The zero-order valence-corrected chi connectivity index (χ0v) is 11.8. The molecule has 0 bridgehead atoms. The standard InChI is InChI=1S/C13H13F2N3O2S/c1-17-21(19,20)9-3-5-13(11(16)7-9)18-12-4-2-8(14)6-10(12)15/h2-7,17-18H,16H2,1H3. The van der Waals surface area contributed by atoms with Gasteiger partial charge in [0.25, 0.3) is 0 Å². The predicted molar refractivity (Wildman–Crippen MR) is 76.7 cm³/mol. The maximum absolute atomic E-state index is 13.5. The van der Waals surface area contributed by atoms with Crippen LogP contribution in [0.2, 0.25) is 0 Å². The van der Waals surface area contributed by atoms with Crippen molar-refractivity contribution in [1.82, 2.24) is 4.72 Å². The average molecular weight is 313 g/mol. The molecular formula is C13H13F2N3O2S. The number of hydrogen-bond acceptors (Lipinski definition) is 4. The van der Waals surface area contributed by atoms with Crippen molar-refractivity contribution in [1.29, 1.82) is 0 Å². The van der Waals surface area contributed by atoms with E-state index in [4.69, 9.17) is 5.73 Å². The topological polar surface area (TPSA) is 84.2 Å². The summed E-state index contributed by atoms with van der Waals surface area (Å²) >= 11 is 0. The van der Waals surface area contributed by atoms with Gasteiger partial charge in [0, 0.05) is 6.07 Å². The van der Waals surface area contributed by atoms with Gasteiger partial charge in [-0.3, -0.25) is 0 Å². The van der Waals surface area contributed by atoms with Crippen molar-refractivity contribution in [3.63, 3.8) is 0 Å². The molecule has 0 aliphatic heterocycles. The highest BCUT2D eigenvalue weighted by Crippen LogP contribution is 2.27. The van der Waals surface area contributed by atoms with Crippen LogP contribution in [0.1, 0.15) is 0 Å². The molecule has 21 heavy (non-hydrogen) atoms. The Morgan fingerprint density at radius 1 is 1.05 bits per heavy atom. The van der Waals surface area contributed by atoms with Gasteiger partial charge in [0.05, 0.1) is 22.0 Å². The zero-order chi connectivity index (χ0) is 15.6. The summed E-state index contributed by atoms with van der Waals surface area (Å²) in [5.41, 5.74) is 6.22. The first-order chi connectivity index (χ1) is 9.83. The van der Waals surface area contributed by atoms with E-state index >= 15 is 0 Å². The second-order valence-electron chi connectivity index (χ2n) is 4.21. The molecule has 5 nitrogen and oxygen atoms in total. The summed E-state index contributed by atoms with van der Waals surface area (Å²) in [7, 11) is -2.32. The minimum atomic E-state index is -3.61. The van der Waals surface area contributed by atoms with Crippen LogP contribution in [0.4, 0.5) is 25.8 Å². The Balaban J connectivity index is 2.34. The summed E-state index contributed by atoms with van der Waals surface area (Å²) < 4.78 is 51.8. The van der Waals surface area contributed by atoms with Gasteiger partial charge in [0.2, 0.25) is 10.0 Å². The quantitative estimate of drug-likeness (QED) is 0.756. The molecule has 0 aliphatic carbocycles. The third-order valence-electron chi connectivity index (χ3n) is 2.80. The van der Waals surface area contributed by atoms with Gasteiger partial charge >= 0.3 is 0 Å². The number of nitrogen functional groups attached to an aromatic ring is 1. The Hall–Kier alpha value is -2.19. The zero-order valence-electron chi connectivity index (χ0n) is 11.0. The Morgan fingerprint density at radius 2 is 1.71 bits per heavy atom. The molecular weight excluding hydrogens is 300 g/mol. The minimum Gasteiger partial charge on any atom is -0.397 e. The molecule has 0 saturated carbocycles. The SMILES string of the molecule is CNS(=O)(=O)c1ccc(Nc2ccc(F)cc2F)c(N)c1. The van der Waals surface area contributed by atoms with E-state index in [-0.39, 0.29) is 16.3 Å². The summed E-state index contributed by atoms with van der Waals surface area (Å²) in [5, 5.41) is 2.68. The van der Waals surface area contributed by atoms with Gasteiger partial charge in [0.1, 0.15) is 11.6 Å². The second-order valence-corrected chi connectivity index (χ2v) is 6.09. The smallest absolute Gasteiger partial charge is 0.240 e. The van der Waals surface area contributed by atoms with Gasteiger partial charge in [-0.2, -0.15) is 0 Å². The van der Waals surface area contributed by atoms with E-state index < -0.39 is 21.7 Å². The number of nitrogens with one attached hydrogen (secondary N) is 2. The highest BCUT2D eigenvalue weighted by molar-refractivity contribution is 7.89. The number of nitrogens with two attached hydrogens (primary N) is 1. The molecule has 0 amide bonds. The monoisotopic (exact) mass is 313 g/mol. The molecule has 0 saturated heterocycles. The molecule has 0 atom stereocenters. The molecule has 0 unspecified atom stereocenters. The highest BCUT2D eigenvalue weighted by atomic mass is 32.2. The van der Waals surface area contributed by atoms with Gasteiger partial charge in [-0.25, -0.2) is 21.9 Å². The van der Waals surface area contributed by atoms with Crippen molar-refractivity contribution < 1.29 is 17.2 Å². The predicted octanol–water partition coefficient (Wildman–Crippen LogP) is 2.20. The molecule has 0 heterocycles. The Bertz CT molecular complexity index is 779. The molecule has 0 radical (unpaired) electrons. The van der Waals surface area contributed by atoms with Crippen LogP contribution in [0.3, 0.4) is 0 Å². The lowest BCUT2D eigenvalue weighted by Crippen LogP contribution is -2.18. The van der Waals surface area contributed by atoms with Crippen molar-refractivity contribution in [3.8, 4) is 0 Å². The van der Waals surface area contributed by atoms with Crippen LogP contribution < -0.4 is 15.8 Å². The molecule has 0 fully saturated rings. The Labute approximate surface area is 120 Å². The summed E-state index contributed by atoms with van der Waals surface area (Å²) in [6.45, 7) is 0. The lowest BCUT2D eigenvalue weighted by Gasteiger charge is -2.11. The number of anilines is 3. The van der Waals surface area contributed by atoms with Crippen molar-refractivity contribution in [2.45, 2.75) is 4.90 Å². The first kappa shape index (κ1) is 15.2. The highest BCUT2D eigenvalue weighted by Gasteiger charge is 2.13.